The first-order chi connectivity index (χ1) is 9.36. The Morgan fingerprint density at radius 2 is 2.15 bits per heavy atom. The molecule has 2 rings (SSSR count). The summed E-state index contributed by atoms with van der Waals surface area (Å²) in [5.41, 5.74) is -1.04. The molecule has 1 saturated heterocycles. The monoisotopic (exact) mass is 321 g/mol. The molecule has 1 aliphatic rings. The Balaban J connectivity index is 2.23. The molecular formula is C11H7ClF3N3OS. The van der Waals surface area contributed by atoms with Gasteiger partial charge in [0.1, 0.15) is 0 Å². The zero-order valence-electron chi connectivity index (χ0n) is 9.74. The van der Waals surface area contributed by atoms with E-state index in [-0.39, 0.29) is 27.4 Å². The molecule has 1 fully saturated rings. The lowest BCUT2D eigenvalue weighted by Crippen LogP contribution is -2.19. The van der Waals surface area contributed by atoms with Crippen LogP contribution in [0.25, 0.3) is 0 Å². The average molecular weight is 322 g/mol. The molecule has 0 aromatic heterocycles. The van der Waals surface area contributed by atoms with Crippen LogP contribution in [-0.2, 0) is 11.0 Å². The standard InChI is InChI=1S/C11H7ClF3N3OS/c12-7-2-1-6(8(3-7)11(13,14)15)4-16-18-10-17-9(19)5-20-10/h1-4H,5H2,(H,17,18,19). The average Bonchev–Trinajstić information content (AvgIpc) is 2.76. The largest absolute Gasteiger partial charge is 0.417 e. The SMILES string of the molecule is O=C1CSC(=NN=Cc2ccc(Cl)cc2C(F)(F)F)N1. The fraction of sp³-hybridized carbons (Fsp3) is 0.182. The molecule has 0 unspecified atom stereocenters. The first kappa shape index (κ1) is 14.9. The van der Waals surface area contributed by atoms with E-state index in [2.05, 4.69) is 15.5 Å². The summed E-state index contributed by atoms with van der Waals surface area (Å²) in [5.74, 6) is 0.00902. The van der Waals surface area contributed by atoms with E-state index >= 15 is 0 Å². The number of nitrogens with zero attached hydrogens (tertiary/aromatic N) is 2. The molecule has 1 heterocycles. The number of hydrogen-bond acceptors (Lipinski definition) is 4. The highest BCUT2D eigenvalue weighted by Crippen LogP contribution is 2.33. The molecule has 0 bridgehead atoms. The minimum Gasteiger partial charge on any atom is -0.303 e. The molecule has 0 radical (unpaired) electrons. The summed E-state index contributed by atoms with van der Waals surface area (Å²) in [6.07, 6.45) is -3.56. The molecule has 0 aliphatic carbocycles. The Bertz CT molecular complexity index is 601. The van der Waals surface area contributed by atoms with Crippen LogP contribution >= 0.6 is 23.4 Å². The van der Waals surface area contributed by atoms with Crippen molar-refractivity contribution in [1.29, 1.82) is 0 Å². The van der Waals surface area contributed by atoms with Crippen LogP contribution in [0.2, 0.25) is 5.02 Å². The topological polar surface area (TPSA) is 53.8 Å². The molecule has 106 valence electrons. The van der Waals surface area contributed by atoms with Crippen molar-refractivity contribution in [2.24, 2.45) is 10.2 Å². The van der Waals surface area contributed by atoms with E-state index < -0.39 is 11.7 Å². The summed E-state index contributed by atoms with van der Waals surface area (Å²) in [6.45, 7) is 0. The molecule has 4 nitrogen and oxygen atoms in total. The van der Waals surface area contributed by atoms with Crippen molar-refractivity contribution < 1.29 is 18.0 Å². The maximum absolute atomic E-state index is 12.8. The highest BCUT2D eigenvalue weighted by atomic mass is 35.5. The van der Waals surface area contributed by atoms with Gasteiger partial charge in [-0.3, -0.25) is 4.79 Å². The third-order valence-electron chi connectivity index (χ3n) is 2.25. The van der Waals surface area contributed by atoms with E-state index in [9.17, 15) is 18.0 Å². The fourth-order valence-electron chi connectivity index (χ4n) is 1.41. The molecule has 0 atom stereocenters. The van der Waals surface area contributed by atoms with Crippen molar-refractivity contribution in [1.82, 2.24) is 5.32 Å². The predicted octanol–water partition coefficient (Wildman–Crippen LogP) is 2.91. The number of rotatable bonds is 2. The van der Waals surface area contributed by atoms with Gasteiger partial charge in [0.25, 0.3) is 0 Å². The third-order valence-corrected chi connectivity index (χ3v) is 3.35. The lowest BCUT2D eigenvalue weighted by molar-refractivity contribution is -0.137. The molecule has 0 saturated carbocycles. The van der Waals surface area contributed by atoms with Gasteiger partial charge in [0.2, 0.25) is 5.91 Å². The lowest BCUT2D eigenvalue weighted by Gasteiger charge is -2.09. The highest BCUT2D eigenvalue weighted by Gasteiger charge is 2.33. The Morgan fingerprint density at radius 3 is 2.75 bits per heavy atom. The molecule has 1 N–H and O–H groups in total. The van der Waals surface area contributed by atoms with Crippen molar-refractivity contribution in [2.45, 2.75) is 6.18 Å². The molecule has 0 spiro atoms. The second kappa shape index (κ2) is 5.84. The molecule has 1 aromatic rings. The molecule has 1 aliphatic heterocycles. The van der Waals surface area contributed by atoms with Crippen molar-refractivity contribution in [3.05, 3.63) is 34.3 Å². The second-order valence-corrected chi connectivity index (χ2v) is 5.12. The van der Waals surface area contributed by atoms with Gasteiger partial charge in [-0.2, -0.15) is 18.3 Å². The summed E-state index contributed by atoms with van der Waals surface area (Å²) >= 11 is 6.68. The van der Waals surface area contributed by atoms with Gasteiger partial charge in [0, 0.05) is 10.6 Å². The van der Waals surface area contributed by atoms with Gasteiger partial charge in [-0.25, -0.2) is 0 Å². The normalized spacial score (nSPS) is 18.0. The van der Waals surface area contributed by atoms with Gasteiger partial charge in [0.05, 0.1) is 17.5 Å². The van der Waals surface area contributed by atoms with Crippen LogP contribution in [0.4, 0.5) is 13.2 Å². The number of hydrogen-bond donors (Lipinski definition) is 1. The van der Waals surface area contributed by atoms with E-state index in [0.29, 0.717) is 0 Å². The summed E-state index contributed by atoms with van der Waals surface area (Å²) in [5, 5.41) is 9.83. The fourth-order valence-corrected chi connectivity index (χ4v) is 2.21. The molecule has 1 aromatic carbocycles. The number of alkyl halides is 3. The van der Waals surface area contributed by atoms with Crippen molar-refractivity contribution >= 4 is 40.7 Å². The van der Waals surface area contributed by atoms with Crippen LogP contribution < -0.4 is 5.32 Å². The molecule has 20 heavy (non-hydrogen) atoms. The first-order valence-corrected chi connectivity index (χ1v) is 6.63. The van der Waals surface area contributed by atoms with Crippen LogP contribution in [0.1, 0.15) is 11.1 Å². The van der Waals surface area contributed by atoms with E-state index in [1.54, 1.807) is 0 Å². The summed E-state index contributed by atoms with van der Waals surface area (Å²) in [4.78, 5) is 10.9. The predicted molar refractivity (Wildman–Crippen MR) is 72.1 cm³/mol. The van der Waals surface area contributed by atoms with Crippen LogP contribution in [0.5, 0.6) is 0 Å². The summed E-state index contributed by atoms with van der Waals surface area (Å²) < 4.78 is 38.4. The Hall–Kier alpha value is -1.54. The molecule has 9 heteroatoms. The van der Waals surface area contributed by atoms with Gasteiger partial charge < -0.3 is 5.32 Å². The van der Waals surface area contributed by atoms with Gasteiger partial charge in [-0.15, -0.1) is 5.10 Å². The lowest BCUT2D eigenvalue weighted by atomic mass is 10.1. The van der Waals surface area contributed by atoms with Gasteiger partial charge in [0.15, 0.2) is 5.17 Å². The van der Waals surface area contributed by atoms with Gasteiger partial charge in [-0.1, -0.05) is 29.4 Å². The van der Waals surface area contributed by atoms with E-state index in [1.165, 1.54) is 12.1 Å². The quantitative estimate of drug-likeness (QED) is 0.672. The Labute approximate surface area is 121 Å². The third kappa shape index (κ3) is 3.73. The summed E-state index contributed by atoms with van der Waals surface area (Å²) in [6, 6.07) is 3.36. The number of thioether (sulfide) groups is 1. The maximum Gasteiger partial charge on any atom is 0.417 e. The zero-order chi connectivity index (χ0) is 14.8. The highest BCUT2D eigenvalue weighted by molar-refractivity contribution is 8.15. The Kier molecular flexibility index (Phi) is 4.34. The minimum atomic E-state index is -4.53. The van der Waals surface area contributed by atoms with Crippen molar-refractivity contribution in [3.63, 3.8) is 0 Å². The summed E-state index contributed by atoms with van der Waals surface area (Å²) in [7, 11) is 0. The minimum absolute atomic E-state index is 0.0144. The smallest absolute Gasteiger partial charge is 0.303 e. The molecule has 1 amide bonds. The van der Waals surface area contributed by atoms with E-state index in [4.69, 9.17) is 11.6 Å². The molecular weight excluding hydrogens is 315 g/mol. The number of nitrogens with one attached hydrogen (secondary N) is 1. The van der Waals surface area contributed by atoms with Crippen LogP contribution in [0.3, 0.4) is 0 Å². The van der Waals surface area contributed by atoms with E-state index in [0.717, 1.165) is 24.0 Å². The van der Waals surface area contributed by atoms with Gasteiger partial charge in [-0.05, 0) is 12.1 Å². The van der Waals surface area contributed by atoms with E-state index in [1.807, 2.05) is 0 Å². The van der Waals surface area contributed by atoms with Crippen molar-refractivity contribution in [3.8, 4) is 0 Å². The first-order valence-electron chi connectivity index (χ1n) is 5.26. The zero-order valence-corrected chi connectivity index (χ0v) is 11.3. The van der Waals surface area contributed by atoms with Gasteiger partial charge >= 0.3 is 6.18 Å². The van der Waals surface area contributed by atoms with Crippen LogP contribution in [0.15, 0.2) is 28.4 Å². The Morgan fingerprint density at radius 1 is 1.40 bits per heavy atom. The number of amides is 1. The second-order valence-electron chi connectivity index (χ2n) is 3.72. The number of amidine groups is 1. The number of halogens is 4. The number of carbonyl (C=O) groups is 1. The van der Waals surface area contributed by atoms with Crippen molar-refractivity contribution in [2.75, 3.05) is 5.75 Å². The van der Waals surface area contributed by atoms with Crippen LogP contribution in [-0.4, -0.2) is 23.0 Å². The number of carbonyl (C=O) groups excluding carboxylic acids is 1. The maximum atomic E-state index is 12.8. The number of benzene rings is 1. The van der Waals surface area contributed by atoms with Crippen LogP contribution in [0, 0.1) is 0 Å².